The van der Waals surface area contributed by atoms with E-state index in [4.69, 9.17) is 18.2 Å². The third-order valence-electron chi connectivity index (χ3n) is 6.23. The van der Waals surface area contributed by atoms with Crippen molar-refractivity contribution < 1.29 is 22.8 Å². The van der Waals surface area contributed by atoms with Gasteiger partial charge in [-0.15, -0.1) is 0 Å². The lowest BCUT2D eigenvalue weighted by atomic mass is 10.1. The molecule has 0 aliphatic rings. The zero-order chi connectivity index (χ0) is 24.3. The number of hydrogen-bond donors (Lipinski definition) is 0. The molecule has 32 heavy (non-hydrogen) atoms. The minimum atomic E-state index is -3.46. The minimum absolute atomic E-state index is 0.0460. The number of aromatic nitrogens is 1. The predicted octanol–water partition coefficient (Wildman–Crippen LogP) is 6.94. The van der Waals surface area contributed by atoms with Crippen molar-refractivity contribution in [3.05, 3.63) is 47.3 Å². The standard InChI is InChI=1S/C24H38NO5PSi/c1-17-12-11-13-25-21(17)15-19(3)31(26,28-8)29-20-14-18(2)23(22(16-20)27-7)30-32(9,10)24(4,5)6/h11-14,16,19H,15H2,1-10H3. The number of benzene rings is 1. The molecule has 178 valence electrons. The van der Waals surface area contributed by atoms with Gasteiger partial charge in [0.2, 0.25) is 0 Å². The fourth-order valence-electron chi connectivity index (χ4n) is 3.03. The van der Waals surface area contributed by atoms with Crippen molar-refractivity contribution >= 4 is 15.9 Å². The Bertz CT molecular complexity index is 987. The number of nitrogens with zero attached hydrogens (tertiary/aromatic N) is 1. The summed E-state index contributed by atoms with van der Waals surface area (Å²) in [6, 6.07) is 7.43. The molecule has 2 unspecified atom stereocenters. The first-order chi connectivity index (χ1) is 14.7. The van der Waals surface area contributed by atoms with Crippen LogP contribution in [0.5, 0.6) is 17.2 Å². The van der Waals surface area contributed by atoms with Crippen molar-refractivity contribution in [1.29, 1.82) is 0 Å². The highest BCUT2D eigenvalue weighted by Crippen LogP contribution is 2.54. The molecule has 2 atom stereocenters. The summed E-state index contributed by atoms with van der Waals surface area (Å²) < 4.78 is 37.1. The Labute approximate surface area is 194 Å². The van der Waals surface area contributed by atoms with E-state index in [2.05, 4.69) is 38.8 Å². The second kappa shape index (κ2) is 9.98. The van der Waals surface area contributed by atoms with Crippen LogP contribution in [-0.4, -0.2) is 33.2 Å². The smallest absolute Gasteiger partial charge is 0.382 e. The molecular weight excluding hydrogens is 441 g/mol. The molecule has 0 fully saturated rings. The Morgan fingerprint density at radius 1 is 1.12 bits per heavy atom. The first-order valence-electron chi connectivity index (χ1n) is 10.9. The lowest BCUT2D eigenvalue weighted by Crippen LogP contribution is -2.44. The minimum Gasteiger partial charge on any atom is -0.541 e. The zero-order valence-electron chi connectivity index (χ0n) is 21.1. The molecule has 6 nitrogen and oxygen atoms in total. The van der Waals surface area contributed by atoms with Crippen LogP contribution in [0.2, 0.25) is 18.1 Å². The largest absolute Gasteiger partial charge is 0.541 e. The van der Waals surface area contributed by atoms with Crippen LogP contribution in [0, 0.1) is 13.8 Å². The number of aryl methyl sites for hydroxylation is 2. The summed E-state index contributed by atoms with van der Waals surface area (Å²) in [6.45, 7) is 16.7. The van der Waals surface area contributed by atoms with Gasteiger partial charge in [-0.25, -0.2) is 4.57 Å². The van der Waals surface area contributed by atoms with Gasteiger partial charge in [-0.05, 0) is 62.2 Å². The highest BCUT2D eigenvalue weighted by Gasteiger charge is 2.40. The van der Waals surface area contributed by atoms with Gasteiger partial charge in [0, 0.05) is 31.5 Å². The lowest BCUT2D eigenvalue weighted by Gasteiger charge is -2.37. The van der Waals surface area contributed by atoms with Crippen molar-refractivity contribution in [3.8, 4) is 17.2 Å². The maximum absolute atomic E-state index is 13.6. The van der Waals surface area contributed by atoms with Gasteiger partial charge < -0.3 is 18.2 Å². The highest BCUT2D eigenvalue weighted by molar-refractivity contribution is 7.55. The average molecular weight is 480 g/mol. The molecule has 2 rings (SSSR count). The molecule has 0 N–H and O–H groups in total. The van der Waals surface area contributed by atoms with E-state index in [1.807, 2.05) is 39.0 Å². The van der Waals surface area contributed by atoms with Gasteiger partial charge in [0.15, 0.2) is 5.75 Å². The van der Waals surface area contributed by atoms with Crippen molar-refractivity contribution in [2.24, 2.45) is 0 Å². The van der Waals surface area contributed by atoms with Crippen molar-refractivity contribution in [1.82, 2.24) is 4.98 Å². The molecule has 0 spiro atoms. The number of pyridine rings is 1. The molecule has 0 aliphatic heterocycles. The summed E-state index contributed by atoms with van der Waals surface area (Å²) in [6.07, 6.45) is 2.23. The third-order valence-corrected chi connectivity index (χ3v) is 12.8. The van der Waals surface area contributed by atoms with Crippen LogP contribution in [-0.2, 0) is 15.5 Å². The van der Waals surface area contributed by atoms with Crippen LogP contribution < -0.4 is 13.7 Å². The van der Waals surface area contributed by atoms with E-state index in [0.29, 0.717) is 23.7 Å². The van der Waals surface area contributed by atoms with Crippen LogP contribution in [0.4, 0.5) is 0 Å². The Morgan fingerprint density at radius 2 is 1.78 bits per heavy atom. The maximum atomic E-state index is 13.6. The van der Waals surface area contributed by atoms with Gasteiger partial charge in [0.1, 0.15) is 11.5 Å². The average Bonchev–Trinajstić information content (AvgIpc) is 2.70. The van der Waals surface area contributed by atoms with Crippen LogP contribution in [0.1, 0.15) is 44.5 Å². The van der Waals surface area contributed by atoms with Gasteiger partial charge in [0.25, 0.3) is 8.32 Å². The van der Waals surface area contributed by atoms with E-state index in [1.165, 1.54) is 7.11 Å². The lowest BCUT2D eigenvalue weighted by molar-refractivity contribution is 0.310. The molecule has 0 saturated carbocycles. The summed E-state index contributed by atoms with van der Waals surface area (Å²) in [7, 11) is -2.51. The molecule has 2 aromatic rings. The predicted molar refractivity (Wildman–Crippen MR) is 133 cm³/mol. The maximum Gasteiger partial charge on any atom is 0.382 e. The summed E-state index contributed by atoms with van der Waals surface area (Å²) in [5, 5.41) is 0.0460. The van der Waals surface area contributed by atoms with E-state index in [0.717, 1.165) is 16.8 Å². The van der Waals surface area contributed by atoms with Crippen molar-refractivity contribution in [2.45, 2.75) is 71.8 Å². The quantitative estimate of drug-likeness (QED) is 0.287. The molecule has 0 amide bonds. The summed E-state index contributed by atoms with van der Waals surface area (Å²) in [5.41, 5.74) is 2.41. The number of rotatable bonds is 9. The molecule has 1 aromatic heterocycles. The second-order valence-electron chi connectivity index (χ2n) is 9.77. The Hall–Kier alpha value is -1.82. The van der Waals surface area contributed by atoms with Gasteiger partial charge in [0.05, 0.1) is 12.8 Å². The molecule has 0 bridgehead atoms. The molecule has 1 aromatic carbocycles. The van der Waals surface area contributed by atoms with E-state index >= 15 is 0 Å². The van der Waals surface area contributed by atoms with Crippen molar-refractivity contribution in [3.63, 3.8) is 0 Å². The SMILES string of the molecule is COc1cc(OP(=O)(OC)C(C)Cc2ncccc2C)cc(C)c1O[Si](C)(C)C(C)(C)C. The van der Waals surface area contributed by atoms with E-state index in [-0.39, 0.29) is 10.7 Å². The van der Waals surface area contributed by atoms with Crippen LogP contribution in [0.15, 0.2) is 30.5 Å². The summed E-state index contributed by atoms with van der Waals surface area (Å²) in [4.78, 5) is 4.42. The van der Waals surface area contributed by atoms with Gasteiger partial charge in [-0.2, -0.15) is 0 Å². The first kappa shape index (κ1) is 26.4. The Morgan fingerprint density at radius 3 is 2.31 bits per heavy atom. The number of ether oxygens (including phenoxy) is 1. The fraction of sp³-hybridized carbons (Fsp3) is 0.542. The Kier molecular flexibility index (Phi) is 8.24. The van der Waals surface area contributed by atoms with Crippen LogP contribution >= 0.6 is 7.60 Å². The monoisotopic (exact) mass is 479 g/mol. The summed E-state index contributed by atoms with van der Waals surface area (Å²) in [5.74, 6) is 1.69. The van der Waals surface area contributed by atoms with Gasteiger partial charge in [-0.1, -0.05) is 26.8 Å². The van der Waals surface area contributed by atoms with Crippen molar-refractivity contribution in [2.75, 3.05) is 14.2 Å². The highest BCUT2D eigenvalue weighted by atomic mass is 31.2. The van der Waals surface area contributed by atoms with Crippen LogP contribution in [0.25, 0.3) is 0 Å². The second-order valence-corrected chi connectivity index (χ2v) is 17.0. The van der Waals surface area contributed by atoms with Gasteiger partial charge in [-0.3, -0.25) is 4.98 Å². The third kappa shape index (κ3) is 5.94. The van der Waals surface area contributed by atoms with E-state index in [1.54, 1.807) is 19.4 Å². The first-order valence-corrected chi connectivity index (χ1v) is 15.4. The molecule has 0 radical (unpaired) electrons. The molecule has 0 saturated heterocycles. The summed E-state index contributed by atoms with van der Waals surface area (Å²) >= 11 is 0. The van der Waals surface area contributed by atoms with E-state index in [9.17, 15) is 4.57 Å². The zero-order valence-corrected chi connectivity index (χ0v) is 23.0. The molecule has 0 aliphatic carbocycles. The normalized spacial score (nSPS) is 15.1. The number of hydrogen-bond acceptors (Lipinski definition) is 6. The Balaban J connectivity index is 2.33. The topological polar surface area (TPSA) is 66.9 Å². The van der Waals surface area contributed by atoms with E-state index < -0.39 is 15.9 Å². The molecule has 8 heteroatoms. The van der Waals surface area contributed by atoms with Gasteiger partial charge >= 0.3 is 7.60 Å². The fourth-order valence-corrected chi connectivity index (χ4v) is 5.52. The van der Waals surface area contributed by atoms with Crippen LogP contribution in [0.3, 0.4) is 0 Å². The molecular formula is C24H38NO5PSi. The molecule has 1 heterocycles. The number of methoxy groups -OCH3 is 1.